The van der Waals surface area contributed by atoms with E-state index in [4.69, 9.17) is 4.42 Å². The summed E-state index contributed by atoms with van der Waals surface area (Å²) in [6, 6.07) is 9.04. The maximum absolute atomic E-state index is 11.7. The third kappa shape index (κ3) is 2.84. The Kier molecular flexibility index (Phi) is 3.51. The number of pyridine rings is 1. The molecule has 6 nitrogen and oxygen atoms in total. The van der Waals surface area contributed by atoms with Crippen molar-refractivity contribution >= 4 is 5.91 Å². The molecule has 3 heterocycles. The van der Waals surface area contributed by atoms with Crippen LogP contribution in [0.1, 0.15) is 16.1 Å². The number of nitrogens with one attached hydrogen (secondary N) is 1. The Morgan fingerprint density at radius 3 is 2.86 bits per heavy atom. The van der Waals surface area contributed by atoms with Crippen LogP contribution in [0.15, 0.2) is 53.4 Å². The molecule has 1 amide bonds. The highest BCUT2D eigenvalue weighted by atomic mass is 16.3. The van der Waals surface area contributed by atoms with E-state index in [2.05, 4.69) is 15.4 Å². The smallest absolute Gasteiger partial charge is 0.287 e. The molecule has 0 unspecified atom stereocenters. The first-order valence-corrected chi connectivity index (χ1v) is 6.49. The summed E-state index contributed by atoms with van der Waals surface area (Å²) in [6.07, 6.45) is 4.94. The number of carbonyl (C=O) groups excluding carboxylic acids is 1. The molecular formula is C15H14N4O2. The highest BCUT2D eigenvalue weighted by Gasteiger charge is 2.08. The van der Waals surface area contributed by atoms with Crippen LogP contribution in [0.5, 0.6) is 0 Å². The average Bonchev–Trinajstić information content (AvgIpc) is 3.17. The quantitative estimate of drug-likeness (QED) is 0.794. The molecule has 6 heteroatoms. The van der Waals surface area contributed by atoms with E-state index in [-0.39, 0.29) is 5.91 Å². The van der Waals surface area contributed by atoms with Crippen LogP contribution >= 0.6 is 0 Å². The van der Waals surface area contributed by atoms with Gasteiger partial charge in [-0.05, 0) is 29.8 Å². The number of carbonyl (C=O) groups is 1. The summed E-state index contributed by atoms with van der Waals surface area (Å²) in [5, 5.41) is 6.89. The molecule has 0 fully saturated rings. The summed E-state index contributed by atoms with van der Waals surface area (Å²) in [5.74, 6) is 0.0603. The maximum atomic E-state index is 11.7. The topological polar surface area (TPSA) is 73.0 Å². The third-order valence-electron chi connectivity index (χ3n) is 3.11. The SMILES string of the molecule is Cn1nccc1-c1ccc(CNC(=O)c2ccco2)cn1. The number of aryl methyl sites for hydroxylation is 1. The van der Waals surface area contributed by atoms with Gasteiger partial charge in [-0.3, -0.25) is 14.5 Å². The standard InChI is InChI=1S/C15H14N4O2/c1-19-13(6-7-18-19)12-5-4-11(9-16-12)10-17-15(20)14-3-2-8-21-14/h2-9H,10H2,1H3,(H,17,20). The summed E-state index contributed by atoms with van der Waals surface area (Å²) in [4.78, 5) is 16.1. The van der Waals surface area contributed by atoms with Gasteiger partial charge < -0.3 is 9.73 Å². The van der Waals surface area contributed by atoms with Gasteiger partial charge in [-0.1, -0.05) is 6.07 Å². The fourth-order valence-electron chi connectivity index (χ4n) is 1.98. The zero-order valence-corrected chi connectivity index (χ0v) is 11.5. The van der Waals surface area contributed by atoms with Gasteiger partial charge >= 0.3 is 0 Å². The molecule has 0 aromatic carbocycles. The van der Waals surface area contributed by atoms with Gasteiger partial charge in [0, 0.05) is 26.0 Å². The van der Waals surface area contributed by atoms with Crippen molar-refractivity contribution < 1.29 is 9.21 Å². The summed E-state index contributed by atoms with van der Waals surface area (Å²) < 4.78 is 6.79. The van der Waals surface area contributed by atoms with Crippen LogP contribution in [0.3, 0.4) is 0 Å². The Balaban J connectivity index is 1.65. The van der Waals surface area contributed by atoms with E-state index in [1.165, 1.54) is 6.26 Å². The minimum Gasteiger partial charge on any atom is -0.459 e. The zero-order valence-electron chi connectivity index (χ0n) is 11.5. The van der Waals surface area contributed by atoms with E-state index in [0.29, 0.717) is 12.3 Å². The van der Waals surface area contributed by atoms with Crippen LogP contribution in [0, 0.1) is 0 Å². The first kappa shape index (κ1) is 13.1. The van der Waals surface area contributed by atoms with E-state index in [9.17, 15) is 4.79 Å². The van der Waals surface area contributed by atoms with Crippen LogP contribution in [0.2, 0.25) is 0 Å². The number of hydrogen-bond acceptors (Lipinski definition) is 4. The Morgan fingerprint density at radius 1 is 1.33 bits per heavy atom. The highest BCUT2D eigenvalue weighted by Crippen LogP contribution is 2.15. The molecule has 0 aliphatic carbocycles. The van der Waals surface area contributed by atoms with Gasteiger partial charge in [0.25, 0.3) is 5.91 Å². The van der Waals surface area contributed by atoms with Gasteiger partial charge in [0.2, 0.25) is 0 Å². The molecule has 3 aromatic rings. The summed E-state index contributed by atoms with van der Waals surface area (Å²) in [6.45, 7) is 0.401. The monoisotopic (exact) mass is 282 g/mol. The minimum absolute atomic E-state index is 0.240. The fraction of sp³-hybridized carbons (Fsp3) is 0.133. The van der Waals surface area contributed by atoms with Gasteiger partial charge in [0.15, 0.2) is 5.76 Å². The number of rotatable bonds is 4. The number of amides is 1. The molecule has 0 saturated heterocycles. The molecule has 0 radical (unpaired) electrons. The van der Waals surface area contributed by atoms with E-state index in [1.54, 1.807) is 29.2 Å². The van der Waals surface area contributed by atoms with Crippen molar-refractivity contribution in [1.29, 1.82) is 0 Å². The molecule has 3 aromatic heterocycles. The van der Waals surface area contributed by atoms with Crippen molar-refractivity contribution in [1.82, 2.24) is 20.1 Å². The molecular weight excluding hydrogens is 268 g/mol. The van der Waals surface area contributed by atoms with Crippen molar-refractivity contribution in [2.75, 3.05) is 0 Å². The number of hydrogen-bond donors (Lipinski definition) is 1. The molecule has 3 rings (SSSR count). The third-order valence-corrected chi connectivity index (χ3v) is 3.11. The van der Waals surface area contributed by atoms with Crippen molar-refractivity contribution in [3.63, 3.8) is 0 Å². The predicted octanol–water partition coefficient (Wildman–Crippen LogP) is 2.01. The average molecular weight is 282 g/mol. The van der Waals surface area contributed by atoms with Crippen LogP contribution in [-0.2, 0) is 13.6 Å². The second kappa shape index (κ2) is 5.62. The van der Waals surface area contributed by atoms with E-state index < -0.39 is 0 Å². The normalized spacial score (nSPS) is 10.5. The van der Waals surface area contributed by atoms with Crippen LogP contribution < -0.4 is 5.32 Å². The van der Waals surface area contributed by atoms with Gasteiger partial charge in [0.1, 0.15) is 0 Å². The summed E-state index contributed by atoms with van der Waals surface area (Å²) >= 11 is 0. The molecule has 1 N–H and O–H groups in total. The van der Waals surface area contributed by atoms with Gasteiger partial charge in [-0.25, -0.2) is 0 Å². The Labute approximate surface area is 121 Å². The van der Waals surface area contributed by atoms with Gasteiger partial charge in [-0.2, -0.15) is 5.10 Å². The molecule has 0 atom stereocenters. The summed E-state index contributed by atoms with van der Waals surface area (Å²) in [7, 11) is 1.87. The van der Waals surface area contributed by atoms with Crippen LogP contribution in [0.25, 0.3) is 11.4 Å². The van der Waals surface area contributed by atoms with Crippen LogP contribution in [-0.4, -0.2) is 20.7 Å². The number of furan rings is 1. The van der Waals surface area contributed by atoms with E-state index >= 15 is 0 Å². The Hall–Kier alpha value is -2.89. The molecule has 21 heavy (non-hydrogen) atoms. The Morgan fingerprint density at radius 2 is 2.24 bits per heavy atom. The molecule has 0 saturated carbocycles. The molecule has 0 aliphatic rings. The molecule has 0 spiro atoms. The van der Waals surface area contributed by atoms with Gasteiger partial charge in [-0.15, -0.1) is 0 Å². The second-order valence-corrected chi connectivity index (χ2v) is 4.55. The first-order chi connectivity index (χ1) is 10.2. The number of aromatic nitrogens is 3. The molecule has 0 aliphatic heterocycles. The van der Waals surface area contributed by atoms with Gasteiger partial charge in [0.05, 0.1) is 17.7 Å². The summed E-state index contributed by atoms with van der Waals surface area (Å²) in [5.41, 5.74) is 2.71. The van der Waals surface area contributed by atoms with Crippen molar-refractivity contribution in [3.05, 3.63) is 60.3 Å². The predicted molar refractivity (Wildman–Crippen MR) is 76.3 cm³/mol. The van der Waals surface area contributed by atoms with Crippen molar-refractivity contribution in [2.24, 2.45) is 7.05 Å². The lowest BCUT2D eigenvalue weighted by atomic mass is 10.2. The van der Waals surface area contributed by atoms with Crippen molar-refractivity contribution in [3.8, 4) is 11.4 Å². The van der Waals surface area contributed by atoms with E-state index in [1.807, 2.05) is 25.2 Å². The molecule has 0 bridgehead atoms. The van der Waals surface area contributed by atoms with Crippen LogP contribution in [0.4, 0.5) is 0 Å². The first-order valence-electron chi connectivity index (χ1n) is 6.49. The lowest BCUT2D eigenvalue weighted by Gasteiger charge is -2.05. The largest absolute Gasteiger partial charge is 0.459 e. The van der Waals surface area contributed by atoms with E-state index in [0.717, 1.165) is 17.0 Å². The Bertz CT molecular complexity index is 729. The zero-order chi connectivity index (χ0) is 14.7. The fourth-order valence-corrected chi connectivity index (χ4v) is 1.98. The molecule has 106 valence electrons. The van der Waals surface area contributed by atoms with Crippen molar-refractivity contribution in [2.45, 2.75) is 6.54 Å². The lowest BCUT2D eigenvalue weighted by molar-refractivity contribution is 0.0923. The second-order valence-electron chi connectivity index (χ2n) is 4.55. The lowest BCUT2D eigenvalue weighted by Crippen LogP contribution is -2.22. The minimum atomic E-state index is -0.240. The highest BCUT2D eigenvalue weighted by molar-refractivity contribution is 5.91. The number of nitrogens with zero attached hydrogens (tertiary/aromatic N) is 3. The maximum Gasteiger partial charge on any atom is 0.287 e.